The highest BCUT2D eigenvalue weighted by molar-refractivity contribution is 6.08. The molecule has 2 N–H and O–H groups in total. The van der Waals surface area contributed by atoms with Gasteiger partial charge in [0.15, 0.2) is 0 Å². The van der Waals surface area contributed by atoms with Gasteiger partial charge in [-0.15, -0.1) is 0 Å². The zero-order valence-corrected chi connectivity index (χ0v) is 16.7. The highest BCUT2D eigenvalue weighted by atomic mass is 16.5. The number of benzene rings is 2. The number of amides is 2. The van der Waals surface area contributed by atoms with E-state index in [-0.39, 0.29) is 17.4 Å². The second-order valence-electron chi connectivity index (χ2n) is 6.60. The van der Waals surface area contributed by atoms with Crippen molar-refractivity contribution >= 4 is 23.2 Å². The molecule has 0 bridgehead atoms. The zero-order valence-electron chi connectivity index (χ0n) is 16.7. The van der Waals surface area contributed by atoms with Crippen molar-refractivity contribution in [2.45, 2.75) is 20.8 Å². The molecular weight excluding hydrogens is 366 g/mol. The molecule has 0 saturated carbocycles. The van der Waals surface area contributed by atoms with Crippen molar-refractivity contribution in [3.05, 3.63) is 83.2 Å². The zero-order chi connectivity index (χ0) is 20.8. The maximum Gasteiger partial charge on any atom is 0.257 e. The highest BCUT2D eigenvalue weighted by Crippen LogP contribution is 2.24. The fourth-order valence-electron chi connectivity index (χ4n) is 2.76. The van der Waals surface area contributed by atoms with Crippen molar-refractivity contribution in [2.24, 2.45) is 0 Å². The number of ether oxygens (including phenoxy) is 1. The van der Waals surface area contributed by atoms with Crippen LogP contribution in [0.2, 0.25) is 0 Å². The lowest BCUT2D eigenvalue weighted by Crippen LogP contribution is -2.16. The van der Waals surface area contributed by atoms with Crippen molar-refractivity contribution in [3.8, 4) is 5.75 Å². The Kier molecular flexibility index (Phi) is 6.24. The van der Waals surface area contributed by atoms with E-state index in [0.29, 0.717) is 29.3 Å². The van der Waals surface area contributed by atoms with Crippen LogP contribution in [0.4, 0.5) is 11.4 Å². The number of nitrogens with zero attached hydrogens (tertiary/aromatic N) is 1. The molecule has 3 aromatic rings. The van der Waals surface area contributed by atoms with Gasteiger partial charge in [0.05, 0.1) is 23.4 Å². The Balaban J connectivity index is 1.75. The topological polar surface area (TPSA) is 80.3 Å². The standard InChI is InChI=1S/C23H23N3O3/c1-4-29-21-8-6-5-7-20(21)26-23(28)18-12-17(13-24-14-18)22(27)25-19-10-9-15(2)16(3)11-19/h5-14H,4H2,1-3H3,(H,25,27)(H,26,28). The lowest BCUT2D eigenvalue weighted by atomic mass is 10.1. The third-order valence-electron chi connectivity index (χ3n) is 4.46. The second kappa shape index (κ2) is 9.01. The number of carbonyl (C=O) groups excluding carboxylic acids is 2. The van der Waals surface area contributed by atoms with Gasteiger partial charge in [-0.1, -0.05) is 18.2 Å². The number of para-hydroxylation sites is 2. The van der Waals surface area contributed by atoms with Crippen LogP contribution in [0.3, 0.4) is 0 Å². The van der Waals surface area contributed by atoms with Gasteiger partial charge < -0.3 is 15.4 Å². The molecule has 0 spiro atoms. The summed E-state index contributed by atoms with van der Waals surface area (Å²) in [4.78, 5) is 29.3. The summed E-state index contributed by atoms with van der Waals surface area (Å²) in [5.41, 5.74) is 4.07. The summed E-state index contributed by atoms with van der Waals surface area (Å²) in [6.07, 6.45) is 2.85. The van der Waals surface area contributed by atoms with Crippen LogP contribution in [0.1, 0.15) is 38.8 Å². The van der Waals surface area contributed by atoms with Gasteiger partial charge >= 0.3 is 0 Å². The fourth-order valence-corrected chi connectivity index (χ4v) is 2.76. The molecule has 148 valence electrons. The number of nitrogens with one attached hydrogen (secondary N) is 2. The van der Waals surface area contributed by atoms with E-state index in [0.717, 1.165) is 11.1 Å². The number of anilines is 2. The smallest absolute Gasteiger partial charge is 0.257 e. The molecule has 2 aromatic carbocycles. The van der Waals surface area contributed by atoms with Crippen molar-refractivity contribution < 1.29 is 14.3 Å². The summed E-state index contributed by atoms with van der Waals surface area (Å²) >= 11 is 0. The normalized spacial score (nSPS) is 10.3. The molecule has 1 aromatic heterocycles. The van der Waals surface area contributed by atoms with E-state index in [2.05, 4.69) is 15.6 Å². The van der Waals surface area contributed by atoms with Gasteiger partial charge in [0.1, 0.15) is 5.75 Å². The number of rotatable bonds is 6. The lowest BCUT2D eigenvalue weighted by Gasteiger charge is -2.12. The molecule has 29 heavy (non-hydrogen) atoms. The van der Waals surface area contributed by atoms with E-state index >= 15 is 0 Å². The predicted octanol–water partition coefficient (Wildman–Crippen LogP) is 4.60. The maximum atomic E-state index is 12.6. The molecule has 0 unspecified atom stereocenters. The molecule has 0 aliphatic carbocycles. The molecule has 0 fully saturated rings. The molecular formula is C23H23N3O3. The molecule has 6 heteroatoms. The Morgan fingerprint density at radius 3 is 2.28 bits per heavy atom. The third kappa shape index (κ3) is 4.99. The Hall–Kier alpha value is -3.67. The summed E-state index contributed by atoms with van der Waals surface area (Å²) in [6, 6.07) is 14.4. The van der Waals surface area contributed by atoms with Crippen molar-refractivity contribution in [3.63, 3.8) is 0 Å². The van der Waals surface area contributed by atoms with E-state index in [4.69, 9.17) is 4.74 Å². The van der Waals surface area contributed by atoms with Gasteiger partial charge in [-0.3, -0.25) is 14.6 Å². The summed E-state index contributed by atoms with van der Waals surface area (Å²) < 4.78 is 5.53. The van der Waals surface area contributed by atoms with Crippen LogP contribution in [0.25, 0.3) is 0 Å². The second-order valence-corrected chi connectivity index (χ2v) is 6.60. The van der Waals surface area contributed by atoms with Gasteiger partial charge in [0.25, 0.3) is 11.8 Å². The van der Waals surface area contributed by atoms with E-state index < -0.39 is 0 Å². The van der Waals surface area contributed by atoms with Crippen LogP contribution < -0.4 is 15.4 Å². The third-order valence-corrected chi connectivity index (χ3v) is 4.46. The summed E-state index contributed by atoms with van der Waals surface area (Å²) in [6.45, 7) is 6.36. The van der Waals surface area contributed by atoms with Crippen molar-refractivity contribution in [1.82, 2.24) is 4.98 Å². The van der Waals surface area contributed by atoms with E-state index in [9.17, 15) is 9.59 Å². The first-order valence-electron chi connectivity index (χ1n) is 9.34. The first kappa shape index (κ1) is 20.1. The molecule has 0 atom stereocenters. The Morgan fingerprint density at radius 2 is 1.59 bits per heavy atom. The van der Waals surface area contributed by atoms with Crippen LogP contribution in [0.5, 0.6) is 5.75 Å². The molecule has 2 amide bonds. The van der Waals surface area contributed by atoms with Crippen LogP contribution in [0.15, 0.2) is 60.9 Å². The Bertz CT molecular complexity index is 1050. The number of pyridine rings is 1. The first-order valence-corrected chi connectivity index (χ1v) is 9.34. The summed E-state index contributed by atoms with van der Waals surface area (Å²) in [7, 11) is 0. The van der Waals surface area contributed by atoms with E-state index in [1.165, 1.54) is 18.5 Å². The van der Waals surface area contributed by atoms with Crippen molar-refractivity contribution in [2.75, 3.05) is 17.2 Å². The molecule has 0 aliphatic heterocycles. The fraction of sp³-hybridized carbons (Fsp3) is 0.174. The highest BCUT2D eigenvalue weighted by Gasteiger charge is 2.14. The molecule has 0 radical (unpaired) electrons. The number of aryl methyl sites for hydroxylation is 2. The van der Waals surface area contributed by atoms with Crippen molar-refractivity contribution in [1.29, 1.82) is 0 Å². The molecule has 3 rings (SSSR count). The molecule has 0 aliphatic rings. The minimum Gasteiger partial charge on any atom is -0.492 e. The summed E-state index contributed by atoms with van der Waals surface area (Å²) in [5.74, 6) is -0.115. The Morgan fingerprint density at radius 1 is 0.897 bits per heavy atom. The average Bonchev–Trinajstić information content (AvgIpc) is 2.72. The van der Waals surface area contributed by atoms with Gasteiger partial charge in [0.2, 0.25) is 0 Å². The van der Waals surface area contributed by atoms with Gasteiger partial charge in [-0.05, 0) is 62.2 Å². The lowest BCUT2D eigenvalue weighted by molar-refractivity contribution is 0.102. The largest absolute Gasteiger partial charge is 0.492 e. The molecule has 6 nitrogen and oxygen atoms in total. The van der Waals surface area contributed by atoms with Crippen LogP contribution in [-0.2, 0) is 0 Å². The van der Waals surface area contributed by atoms with E-state index in [1.54, 1.807) is 12.1 Å². The van der Waals surface area contributed by atoms with Crippen LogP contribution in [-0.4, -0.2) is 23.4 Å². The number of carbonyl (C=O) groups is 2. The molecule has 1 heterocycles. The average molecular weight is 389 g/mol. The van der Waals surface area contributed by atoms with Gasteiger partial charge in [-0.2, -0.15) is 0 Å². The Labute approximate surface area is 169 Å². The van der Waals surface area contributed by atoms with Crippen LogP contribution >= 0.6 is 0 Å². The monoisotopic (exact) mass is 389 g/mol. The minimum absolute atomic E-state index is 0.282. The maximum absolute atomic E-state index is 12.6. The minimum atomic E-state index is -0.370. The summed E-state index contributed by atoms with van der Waals surface area (Å²) in [5, 5.41) is 5.64. The number of aromatic nitrogens is 1. The molecule has 0 saturated heterocycles. The quantitative estimate of drug-likeness (QED) is 0.646. The number of hydrogen-bond acceptors (Lipinski definition) is 4. The number of hydrogen-bond donors (Lipinski definition) is 2. The first-order chi connectivity index (χ1) is 14.0. The van der Waals surface area contributed by atoms with Gasteiger partial charge in [-0.25, -0.2) is 0 Å². The predicted molar refractivity (Wildman–Crippen MR) is 114 cm³/mol. The van der Waals surface area contributed by atoms with E-state index in [1.807, 2.05) is 51.1 Å². The van der Waals surface area contributed by atoms with Crippen LogP contribution in [0, 0.1) is 13.8 Å². The van der Waals surface area contributed by atoms with Gasteiger partial charge in [0, 0.05) is 18.1 Å². The SMILES string of the molecule is CCOc1ccccc1NC(=O)c1cncc(C(=O)Nc2ccc(C)c(C)c2)c1.